The lowest BCUT2D eigenvalue weighted by atomic mass is 10.0. The lowest BCUT2D eigenvalue weighted by molar-refractivity contribution is -0.111. The maximum atomic E-state index is 12.9. The van der Waals surface area contributed by atoms with E-state index in [-0.39, 0.29) is 0 Å². The van der Waals surface area contributed by atoms with Gasteiger partial charge >= 0.3 is 0 Å². The molecule has 0 aliphatic carbocycles. The first-order valence-corrected chi connectivity index (χ1v) is 9.42. The molecule has 0 saturated heterocycles. The molecule has 1 unspecified atom stereocenters. The first kappa shape index (κ1) is 18.3. The quantitative estimate of drug-likeness (QED) is 0.602. The van der Waals surface area contributed by atoms with Crippen molar-refractivity contribution in [2.24, 2.45) is 0 Å². The Morgan fingerprint density at radius 3 is 2.04 bits per heavy atom. The zero-order valence-electron chi connectivity index (χ0n) is 13.4. The van der Waals surface area contributed by atoms with Crippen molar-refractivity contribution >= 4 is 27.2 Å². The van der Waals surface area contributed by atoms with Crippen molar-refractivity contribution in [3.8, 4) is 11.8 Å². The van der Waals surface area contributed by atoms with Crippen LogP contribution in [0.5, 0.6) is 0 Å². The molecule has 2 rings (SSSR count). The Labute approximate surface area is 147 Å². The van der Waals surface area contributed by atoms with Crippen LogP contribution < -0.4 is 0 Å². The summed E-state index contributed by atoms with van der Waals surface area (Å²) < 4.78 is 25.7. The van der Waals surface area contributed by atoms with Gasteiger partial charge in [-0.25, -0.2) is 8.42 Å². The molecule has 0 fully saturated rings. The van der Waals surface area contributed by atoms with Crippen molar-refractivity contribution in [1.82, 2.24) is 0 Å². The number of rotatable bonds is 5. The third-order valence-electron chi connectivity index (χ3n) is 3.51. The van der Waals surface area contributed by atoms with E-state index in [1.165, 1.54) is 6.92 Å². The van der Waals surface area contributed by atoms with E-state index in [2.05, 4.69) is 11.8 Å². The van der Waals surface area contributed by atoms with Gasteiger partial charge in [0.2, 0.25) is 5.78 Å². The number of aryl methyl sites for hydroxylation is 1. The largest absolute Gasteiger partial charge is 0.284 e. The molecule has 1 atom stereocenters. The van der Waals surface area contributed by atoms with E-state index in [9.17, 15) is 13.2 Å². The van der Waals surface area contributed by atoms with Crippen molar-refractivity contribution in [3.63, 3.8) is 0 Å². The van der Waals surface area contributed by atoms with Gasteiger partial charge in [-0.1, -0.05) is 59.5 Å². The van der Waals surface area contributed by atoms with Crippen molar-refractivity contribution in [2.45, 2.75) is 19.1 Å². The maximum absolute atomic E-state index is 12.9. The minimum atomic E-state index is -3.77. The van der Waals surface area contributed by atoms with Crippen LogP contribution in [0.1, 0.15) is 28.9 Å². The van der Waals surface area contributed by atoms with Gasteiger partial charge in [0.1, 0.15) is 11.0 Å². The van der Waals surface area contributed by atoms with E-state index in [1.54, 1.807) is 36.4 Å². The van der Waals surface area contributed by atoms with Gasteiger partial charge in [-0.15, -0.1) is 0 Å². The van der Waals surface area contributed by atoms with Gasteiger partial charge in [-0.2, -0.15) is 0 Å². The Hall–Kier alpha value is -2.09. The Bertz CT molecular complexity index is 841. The van der Waals surface area contributed by atoms with Crippen LogP contribution in [0.2, 0.25) is 5.02 Å². The zero-order chi connectivity index (χ0) is 17.7. The molecule has 24 heavy (non-hydrogen) atoms. The minimum absolute atomic E-state index is 0.520. The number of hydrogen-bond donors (Lipinski definition) is 0. The number of Topliss-reactive ketones (excluding diaryl/α,β-unsaturated/α-hetero) is 1. The first-order valence-electron chi connectivity index (χ1n) is 7.32. The predicted molar refractivity (Wildman–Crippen MR) is 96.7 cm³/mol. The summed E-state index contributed by atoms with van der Waals surface area (Å²) in [6.45, 7) is 3.43. The van der Waals surface area contributed by atoms with Gasteiger partial charge in [0.15, 0.2) is 9.84 Å². The fourth-order valence-corrected chi connectivity index (χ4v) is 4.30. The number of carbonyl (C=O) groups excluding carboxylic acids is 1. The molecule has 0 bridgehead atoms. The molecule has 124 valence electrons. The predicted octanol–water partition coefficient (Wildman–Crippen LogP) is 3.75. The second kappa shape index (κ2) is 7.65. The minimum Gasteiger partial charge on any atom is -0.284 e. The summed E-state index contributed by atoms with van der Waals surface area (Å²) in [6.07, 6.45) is 0. The van der Waals surface area contributed by atoms with E-state index in [0.717, 1.165) is 5.56 Å². The normalized spacial score (nSPS) is 12.1. The van der Waals surface area contributed by atoms with Gasteiger partial charge in [-0.3, -0.25) is 4.79 Å². The molecule has 3 nitrogen and oxygen atoms in total. The summed E-state index contributed by atoms with van der Waals surface area (Å²) >= 11 is 5.90. The molecule has 0 heterocycles. The standard InChI is InChI=1S/C19H17ClO3S/c1-3-4-18(21)13-24(22,23)19(15-7-5-14(2)6-8-15)16-9-11-17(20)12-10-16/h5-12,19H,13H2,1-2H3. The van der Waals surface area contributed by atoms with E-state index in [0.29, 0.717) is 16.1 Å². The highest BCUT2D eigenvalue weighted by molar-refractivity contribution is 7.92. The van der Waals surface area contributed by atoms with Crippen LogP contribution in [0.3, 0.4) is 0 Å². The van der Waals surface area contributed by atoms with Crippen molar-refractivity contribution in [2.75, 3.05) is 5.75 Å². The second-order valence-electron chi connectivity index (χ2n) is 5.45. The smallest absolute Gasteiger partial charge is 0.220 e. The van der Waals surface area contributed by atoms with E-state index < -0.39 is 26.6 Å². The van der Waals surface area contributed by atoms with Gasteiger partial charge < -0.3 is 0 Å². The highest BCUT2D eigenvalue weighted by Crippen LogP contribution is 2.32. The van der Waals surface area contributed by atoms with Gasteiger partial charge in [0.05, 0.1) is 0 Å². The SMILES string of the molecule is CC#CC(=O)CS(=O)(=O)C(c1ccc(C)cc1)c1ccc(Cl)cc1. The highest BCUT2D eigenvalue weighted by atomic mass is 35.5. The lowest BCUT2D eigenvalue weighted by Crippen LogP contribution is -2.22. The number of halogens is 1. The molecule has 0 radical (unpaired) electrons. The molecular weight excluding hydrogens is 344 g/mol. The van der Waals surface area contributed by atoms with Crippen molar-refractivity contribution in [1.29, 1.82) is 0 Å². The van der Waals surface area contributed by atoms with Crippen molar-refractivity contribution < 1.29 is 13.2 Å². The van der Waals surface area contributed by atoms with Crippen LogP contribution >= 0.6 is 11.6 Å². The Kier molecular flexibility index (Phi) is 5.82. The van der Waals surface area contributed by atoms with E-state index in [1.807, 2.05) is 19.1 Å². The van der Waals surface area contributed by atoms with E-state index in [4.69, 9.17) is 11.6 Å². The summed E-state index contributed by atoms with van der Waals surface area (Å²) in [5, 5.41) is -0.412. The zero-order valence-corrected chi connectivity index (χ0v) is 15.0. The number of ketones is 1. The molecule has 0 amide bonds. The topological polar surface area (TPSA) is 51.2 Å². The van der Waals surface area contributed by atoms with Gasteiger partial charge in [0, 0.05) is 5.02 Å². The number of hydrogen-bond acceptors (Lipinski definition) is 3. The van der Waals surface area contributed by atoms with Crippen LogP contribution in [0.25, 0.3) is 0 Å². The summed E-state index contributed by atoms with van der Waals surface area (Å²) in [5.74, 6) is 3.51. The summed E-state index contributed by atoms with van der Waals surface area (Å²) in [5.41, 5.74) is 2.21. The van der Waals surface area contributed by atoms with Crippen LogP contribution in [0.15, 0.2) is 48.5 Å². The fraction of sp³-hybridized carbons (Fsp3) is 0.211. The van der Waals surface area contributed by atoms with Crippen LogP contribution in [0, 0.1) is 18.8 Å². The average molecular weight is 361 g/mol. The van der Waals surface area contributed by atoms with Crippen LogP contribution in [0.4, 0.5) is 0 Å². The fourth-order valence-electron chi connectivity index (χ4n) is 2.43. The average Bonchev–Trinajstić information content (AvgIpc) is 2.51. The number of benzene rings is 2. The molecular formula is C19H17ClO3S. The molecule has 2 aromatic carbocycles. The van der Waals surface area contributed by atoms with Crippen molar-refractivity contribution in [3.05, 3.63) is 70.2 Å². The summed E-state index contributed by atoms with van der Waals surface area (Å²) in [4.78, 5) is 11.8. The third kappa shape index (κ3) is 4.47. The van der Waals surface area contributed by atoms with Gasteiger partial charge in [-0.05, 0) is 43.0 Å². The number of sulfone groups is 1. The molecule has 0 N–H and O–H groups in total. The third-order valence-corrected chi connectivity index (χ3v) is 5.69. The lowest BCUT2D eigenvalue weighted by Gasteiger charge is -2.18. The molecule has 0 aliphatic heterocycles. The van der Waals surface area contributed by atoms with Crippen LogP contribution in [-0.4, -0.2) is 20.0 Å². The van der Waals surface area contributed by atoms with Gasteiger partial charge in [0.25, 0.3) is 0 Å². The Balaban J connectivity index is 2.53. The Morgan fingerprint density at radius 2 is 1.54 bits per heavy atom. The second-order valence-corrected chi connectivity index (χ2v) is 7.97. The number of carbonyl (C=O) groups is 1. The molecule has 0 aliphatic rings. The van der Waals surface area contributed by atoms with E-state index >= 15 is 0 Å². The highest BCUT2D eigenvalue weighted by Gasteiger charge is 2.30. The molecule has 0 aromatic heterocycles. The van der Waals surface area contributed by atoms with Crippen LogP contribution in [-0.2, 0) is 14.6 Å². The first-order chi connectivity index (χ1) is 11.3. The molecule has 0 spiro atoms. The molecule has 5 heteroatoms. The summed E-state index contributed by atoms with van der Waals surface area (Å²) in [6, 6.07) is 13.8. The Morgan fingerprint density at radius 1 is 1.04 bits per heavy atom. The monoisotopic (exact) mass is 360 g/mol. The summed E-state index contributed by atoms with van der Waals surface area (Å²) in [7, 11) is -3.77. The molecule has 2 aromatic rings. The molecule has 0 saturated carbocycles. The maximum Gasteiger partial charge on any atom is 0.220 e.